The van der Waals surface area contributed by atoms with E-state index in [0.717, 1.165) is 12.8 Å². The summed E-state index contributed by atoms with van der Waals surface area (Å²) in [5.41, 5.74) is 7.60. The molecule has 2 aromatic rings. The van der Waals surface area contributed by atoms with Crippen molar-refractivity contribution in [2.24, 2.45) is 5.73 Å². The highest BCUT2D eigenvalue weighted by molar-refractivity contribution is 6.00. The number of nitrogens with one attached hydrogen (secondary N) is 1. The Labute approximate surface area is 200 Å². The third-order valence-corrected chi connectivity index (χ3v) is 5.64. The van der Waals surface area contributed by atoms with Gasteiger partial charge in [-0.05, 0) is 43.9 Å². The normalized spacial score (nSPS) is 14.9. The minimum atomic E-state index is -0.817. The number of morpholine rings is 1. The van der Waals surface area contributed by atoms with Gasteiger partial charge in [0.1, 0.15) is 6.04 Å². The van der Waals surface area contributed by atoms with E-state index in [1.165, 1.54) is 16.5 Å². The number of para-hydroxylation sites is 1. The van der Waals surface area contributed by atoms with Crippen LogP contribution in [0.2, 0.25) is 0 Å². The molecule has 0 radical (unpaired) electrons. The fraction of sp³-hybridized carbons (Fsp3) is 0.346. The van der Waals surface area contributed by atoms with E-state index in [1.54, 1.807) is 24.0 Å². The van der Waals surface area contributed by atoms with Crippen molar-refractivity contribution in [3.8, 4) is 0 Å². The number of urea groups is 1. The van der Waals surface area contributed by atoms with Gasteiger partial charge in [-0.2, -0.15) is 0 Å². The number of anilines is 1. The summed E-state index contributed by atoms with van der Waals surface area (Å²) in [6.45, 7) is 3.52. The van der Waals surface area contributed by atoms with Gasteiger partial charge in [-0.25, -0.2) is 4.79 Å². The summed E-state index contributed by atoms with van der Waals surface area (Å²) >= 11 is 0. The molecule has 0 spiro atoms. The van der Waals surface area contributed by atoms with Crippen LogP contribution in [0.1, 0.15) is 25.3 Å². The lowest BCUT2D eigenvalue weighted by atomic mass is 10.1. The lowest BCUT2D eigenvalue weighted by molar-refractivity contribution is -0.121. The highest BCUT2D eigenvalue weighted by atomic mass is 16.5. The minimum absolute atomic E-state index is 0.262. The Hall–Kier alpha value is -3.65. The second-order valence-electron chi connectivity index (χ2n) is 8.16. The first-order valence-corrected chi connectivity index (χ1v) is 11.5. The maximum absolute atomic E-state index is 13.4. The van der Waals surface area contributed by atoms with Gasteiger partial charge in [-0.1, -0.05) is 48.5 Å². The van der Waals surface area contributed by atoms with Crippen molar-refractivity contribution >= 4 is 23.5 Å². The highest BCUT2D eigenvalue weighted by Gasteiger charge is 2.31. The van der Waals surface area contributed by atoms with Crippen LogP contribution in [0.15, 0.2) is 72.4 Å². The number of aryl methyl sites for hydroxylation is 1. The van der Waals surface area contributed by atoms with Gasteiger partial charge >= 0.3 is 6.03 Å². The second kappa shape index (κ2) is 12.6. The predicted molar refractivity (Wildman–Crippen MR) is 131 cm³/mol. The van der Waals surface area contributed by atoms with E-state index >= 15 is 0 Å². The van der Waals surface area contributed by atoms with E-state index in [4.69, 9.17) is 10.5 Å². The maximum Gasteiger partial charge on any atom is 0.325 e. The zero-order valence-electron chi connectivity index (χ0n) is 19.5. The summed E-state index contributed by atoms with van der Waals surface area (Å²) < 4.78 is 5.36. The molecule has 0 aliphatic carbocycles. The quantitative estimate of drug-likeness (QED) is 0.557. The summed E-state index contributed by atoms with van der Waals surface area (Å²) in [6.07, 6.45) is 3.24. The average Bonchev–Trinajstić information content (AvgIpc) is 2.85. The lowest BCUT2D eigenvalue weighted by Gasteiger charge is -2.35. The number of hydrogen-bond acceptors (Lipinski definition) is 4. The van der Waals surface area contributed by atoms with E-state index in [-0.39, 0.29) is 6.03 Å². The van der Waals surface area contributed by atoms with Gasteiger partial charge in [0.15, 0.2) is 0 Å². The summed E-state index contributed by atoms with van der Waals surface area (Å²) in [5.74, 6) is -1.02. The molecule has 1 atom stereocenters. The predicted octanol–water partition coefficient (Wildman–Crippen LogP) is 2.84. The molecule has 1 saturated heterocycles. The summed E-state index contributed by atoms with van der Waals surface area (Å²) in [4.78, 5) is 41.3. The molecule has 3 rings (SSSR count). The fourth-order valence-electron chi connectivity index (χ4n) is 3.85. The average molecular weight is 465 g/mol. The molecule has 1 aliphatic rings. The number of allylic oxidation sites excluding steroid dienone is 1. The van der Waals surface area contributed by atoms with Gasteiger partial charge < -0.3 is 20.7 Å². The molecular formula is C26H32N4O4. The summed E-state index contributed by atoms with van der Waals surface area (Å²) in [7, 11) is 0. The van der Waals surface area contributed by atoms with Crippen molar-refractivity contribution in [3.63, 3.8) is 0 Å². The van der Waals surface area contributed by atoms with E-state index in [9.17, 15) is 14.4 Å². The van der Waals surface area contributed by atoms with Crippen LogP contribution >= 0.6 is 0 Å². The van der Waals surface area contributed by atoms with E-state index in [2.05, 4.69) is 5.32 Å². The number of carbonyl (C=O) groups excluding carboxylic acids is 3. The topological polar surface area (TPSA) is 105 Å². The Kier molecular flexibility index (Phi) is 9.22. The van der Waals surface area contributed by atoms with Crippen LogP contribution in [0.3, 0.4) is 0 Å². The van der Waals surface area contributed by atoms with Crippen molar-refractivity contribution in [1.29, 1.82) is 0 Å². The van der Waals surface area contributed by atoms with Crippen LogP contribution in [-0.2, 0) is 20.7 Å². The number of primary amides is 1. The number of nitrogens with zero attached hydrogens (tertiary/aromatic N) is 2. The third-order valence-electron chi connectivity index (χ3n) is 5.64. The van der Waals surface area contributed by atoms with Gasteiger partial charge in [0.2, 0.25) is 11.8 Å². The smallest absolute Gasteiger partial charge is 0.325 e. The van der Waals surface area contributed by atoms with Gasteiger partial charge in [0, 0.05) is 30.5 Å². The molecule has 1 heterocycles. The Morgan fingerprint density at radius 2 is 1.68 bits per heavy atom. The Morgan fingerprint density at radius 3 is 2.29 bits per heavy atom. The molecule has 8 heteroatoms. The Balaban J connectivity index is 1.72. The largest absolute Gasteiger partial charge is 0.378 e. The number of amides is 4. The molecule has 2 aromatic carbocycles. The molecule has 0 saturated carbocycles. The van der Waals surface area contributed by atoms with Crippen molar-refractivity contribution < 1.29 is 19.1 Å². The molecule has 3 N–H and O–H groups in total. The number of ether oxygens (including phenoxy) is 1. The van der Waals surface area contributed by atoms with Crippen LogP contribution in [0.4, 0.5) is 10.5 Å². The standard InChI is InChI=1S/C26H32N4O4/c1-20(30(23-13-6-3-7-14-23)26(33)29-15-17-34-18-16-29)25(32)28-22(19-24(27)31)12-8-11-21-9-4-2-5-10-21/h2-7,9-10,13-14,19-20H,8,11-12,15-18H2,1H3,(H2,27,31)(H,28,32)/b22-19+/t20-/m0/s1. The van der Waals surface area contributed by atoms with Crippen LogP contribution in [0, 0.1) is 0 Å². The zero-order valence-corrected chi connectivity index (χ0v) is 19.5. The molecule has 180 valence electrons. The SMILES string of the molecule is C[C@@H](C(=O)N/C(=C/C(N)=O)CCCc1ccccc1)N(C(=O)N1CCOCC1)c1ccccc1. The number of hydrogen-bond donors (Lipinski definition) is 2. The van der Waals surface area contributed by atoms with E-state index in [0.29, 0.717) is 44.1 Å². The number of benzene rings is 2. The lowest BCUT2D eigenvalue weighted by Crippen LogP contribution is -2.55. The van der Waals surface area contributed by atoms with Crippen molar-refractivity contribution in [3.05, 3.63) is 78.0 Å². The maximum atomic E-state index is 13.4. The first-order valence-electron chi connectivity index (χ1n) is 11.5. The van der Waals surface area contributed by atoms with Crippen molar-refractivity contribution in [2.45, 2.75) is 32.2 Å². The Morgan fingerprint density at radius 1 is 1.06 bits per heavy atom. The van der Waals surface area contributed by atoms with E-state index < -0.39 is 17.9 Å². The van der Waals surface area contributed by atoms with Gasteiger partial charge in [0.05, 0.1) is 13.2 Å². The molecule has 34 heavy (non-hydrogen) atoms. The van der Waals surface area contributed by atoms with E-state index in [1.807, 2.05) is 48.5 Å². The molecule has 0 unspecified atom stereocenters. The van der Waals surface area contributed by atoms with Gasteiger partial charge in [-0.15, -0.1) is 0 Å². The van der Waals surface area contributed by atoms with Gasteiger partial charge in [-0.3, -0.25) is 14.5 Å². The zero-order chi connectivity index (χ0) is 24.3. The van der Waals surface area contributed by atoms with Crippen molar-refractivity contribution in [2.75, 3.05) is 31.2 Å². The first-order chi connectivity index (χ1) is 16.5. The second-order valence-corrected chi connectivity index (χ2v) is 8.16. The molecule has 8 nitrogen and oxygen atoms in total. The van der Waals surface area contributed by atoms with Gasteiger partial charge in [0.25, 0.3) is 0 Å². The monoisotopic (exact) mass is 464 g/mol. The summed E-state index contributed by atoms with van der Waals surface area (Å²) in [6, 6.07) is 18.0. The molecular weight excluding hydrogens is 432 g/mol. The highest BCUT2D eigenvalue weighted by Crippen LogP contribution is 2.20. The first kappa shape index (κ1) is 25.0. The fourth-order valence-corrected chi connectivity index (χ4v) is 3.85. The number of rotatable bonds is 9. The molecule has 1 fully saturated rings. The molecule has 0 aromatic heterocycles. The number of carbonyl (C=O) groups is 3. The van der Waals surface area contributed by atoms with Crippen LogP contribution < -0.4 is 16.0 Å². The van der Waals surface area contributed by atoms with Crippen LogP contribution in [-0.4, -0.2) is 55.1 Å². The summed E-state index contributed by atoms with van der Waals surface area (Å²) in [5, 5.41) is 2.83. The van der Waals surface area contributed by atoms with Crippen LogP contribution in [0.25, 0.3) is 0 Å². The molecule has 4 amide bonds. The number of nitrogens with two attached hydrogens (primary N) is 1. The minimum Gasteiger partial charge on any atom is -0.378 e. The third kappa shape index (κ3) is 7.18. The molecule has 0 bridgehead atoms. The van der Waals surface area contributed by atoms with Crippen molar-refractivity contribution in [1.82, 2.24) is 10.2 Å². The van der Waals surface area contributed by atoms with Crippen LogP contribution in [0.5, 0.6) is 0 Å². The Bertz CT molecular complexity index is 988. The molecule has 1 aliphatic heterocycles.